The second-order valence-electron chi connectivity index (χ2n) is 6.42. The van der Waals surface area contributed by atoms with Gasteiger partial charge in [0.2, 0.25) is 0 Å². The summed E-state index contributed by atoms with van der Waals surface area (Å²) < 4.78 is 0. The molecule has 1 heterocycles. The van der Waals surface area contributed by atoms with E-state index in [4.69, 9.17) is 11.6 Å². The quantitative estimate of drug-likeness (QED) is 0.776. The van der Waals surface area contributed by atoms with E-state index in [1.807, 2.05) is 6.92 Å². The number of likely N-dealkylation sites (N-methyl/N-ethyl adjacent to an activating group) is 1. The summed E-state index contributed by atoms with van der Waals surface area (Å²) in [7, 11) is 0. The molecular weight excluding hydrogens is 284 g/mol. The molecule has 0 amide bonds. The minimum atomic E-state index is -0.106. The number of hydrogen-bond acceptors (Lipinski definition) is 4. The Kier molecular flexibility index (Phi) is 6.88. The van der Waals surface area contributed by atoms with Gasteiger partial charge in [0.05, 0.1) is 0 Å². The van der Waals surface area contributed by atoms with E-state index in [9.17, 15) is 0 Å². The van der Waals surface area contributed by atoms with E-state index in [2.05, 4.69) is 54.8 Å². The zero-order valence-corrected chi connectivity index (χ0v) is 15.0. The molecule has 0 aliphatic heterocycles. The molecule has 4 nitrogen and oxygen atoms in total. The predicted octanol–water partition coefficient (Wildman–Crippen LogP) is 3.88. The smallest absolute Gasteiger partial charge is 0.137 e. The first-order valence-corrected chi connectivity index (χ1v) is 8.18. The van der Waals surface area contributed by atoms with E-state index in [-0.39, 0.29) is 5.41 Å². The van der Waals surface area contributed by atoms with E-state index in [1.54, 1.807) is 0 Å². The lowest BCUT2D eigenvalue weighted by Gasteiger charge is -2.22. The molecular formula is C16H29ClN4. The Balaban J connectivity index is 2.76. The maximum Gasteiger partial charge on any atom is 0.137 e. The van der Waals surface area contributed by atoms with Gasteiger partial charge in [-0.15, -0.1) is 0 Å². The minimum absolute atomic E-state index is 0.106. The highest BCUT2D eigenvalue weighted by molar-refractivity contribution is 6.30. The summed E-state index contributed by atoms with van der Waals surface area (Å²) >= 11 is 6.24. The van der Waals surface area contributed by atoms with E-state index in [1.165, 1.54) is 6.42 Å². The Morgan fingerprint density at radius 1 is 1.14 bits per heavy atom. The zero-order chi connectivity index (χ0) is 16.0. The van der Waals surface area contributed by atoms with Crippen molar-refractivity contribution in [2.75, 3.05) is 31.5 Å². The van der Waals surface area contributed by atoms with Crippen molar-refractivity contribution in [3.05, 3.63) is 16.5 Å². The summed E-state index contributed by atoms with van der Waals surface area (Å²) in [5.74, 6) is 1.63. The standard InChI is InChI=1S/C16H29ClN4/c1-7-10-21(8-2)11-9-18-14-12(3)13(17)19-15(20-14)16(4,5)6/h7-11H2,1-6H3,(H,18,19,20). The summed E-state index contributed by atoms with van der Waals surface area (Å²) in [5, 5.41) is 3.95. The van der Waals surface area contributed by atoms with Gasteiger partial charge < -0.3 is 10.2 Å². The van der Waals surface area contributed by atoms with Crippen molar-refractivity contribution in [2.24, 2.45) is 0 Å². The van der Waals surface area contributed by atoms with Crippen LogP contribution in [-0.4, -0.2) is 41.0 Å². The number of rotatable bonds is 7. The van der Waals surface area contributed by atoms with Crippen LogP contribution < -0.4 is 5.32 Å². The molecule has 0 radical (unpaired) electrons. The van der Waals surface area contributed by atoms with Crippen LogP contribution in [0.15, 0.2) is 0 Å². The Bertz CT molecular complexity index is 454. The van der Waals surface area contributed by atoms with Crippen LogP contribution in [0.5, 0.6) is 0 Å². The van der Waals surface area contributed by atoms with Crippen LogP contribution in [0, 0.1) is 6.92 Å². The minimum Gasteiger partial charge on any atom is -0.368 e. The molecule has 0 spiro atoms. The molecule has 21 heavy (non-hydrogen) atoms. The van der Waals surface area contributed by atoms with Crippen molar-refractivity contribution in [3.63, 3.8) is 0 Å². The molecule has 1 aromatic heterocycles. The van der Waals surface area contributed by atoms with E-state index in [0.29, 0.717) is 5.15 Å². The molecule has 0 unspecified atom stereocenters. The summed E-state index contributed by atoms with van der Waals surface area (Å²) in [5.41, 5.74) is 0.814. The van der Waals surface area contributed by atoms with Gasteiger partial charge in [-0.25, -0.2) is 9.97 Å². The van der Waals surface area contributed by atoms with Crippen LogP contribution in [0.3, 0.4) is 0 Å². The number of halogens is 1. The number of nitrogens with one attached hydrogen (secondary N) is 1. The highest BCUT2D eigenvalue weighted by atomic mass is 35.5. The highest BCUT2D eigenvalue weighted by Crippen LogP contribution is 2.25. The molecule has 1 N–H and O–H groups in total. The predicted molar refractivity (Wildman–Crippen MR) is 91.4 cm³/mol. The molecule has 0 aliphatic rings. The topological polar surface area (TPSA) is 41.0 Å². The Morgan fingerprint density at radius 2 is 1.81 bits per heavy atom. The summed E-state index contributed by atoms with van der Waals surface area (Å²) in [6.07, 6.45) is 1.18. The van der Waals surface area contributed by atoms with Crippen LogP contribution in [0.25, 0.3) is 0 Å². The fourth-order valence-electron chi connectivity index (χ4n) is 2.07. The summed E-state index contributed by atoms with van der Waals surface area (Å²) in [6, 6.07) is 0. The van der Waals surface area contributed by atoms with Gasteiger partial charge in [-0.3, -0.25) is 0 Å². The lowest BCUT2D eigenvalue weighted by Crippen LogP contribution is -2.30. The average molecular weight is 313 g/mol. The highest BCUT2D eigenvalue weighted by Gasteiger charge is 2.20. The third-order valence-corrected chi connectivity index (χ3v) is 3.83. The van der Waals surface area contributed by atoms with Crippen LogP contribution in [-0.2, 0) is 5.41 Å². The van der Waals surface area contributed by atoms with Crippen molar-refractivity contribution in [2.45, 2.75) is 53.4 Å². The fourth-order valence-corrected chi connectivity index (χ4v) is 2.24. The molecule has 0 aliphatic carbocycles. The Hall–Kier alpha value is -0.870. The van der Waals surface area contributed by atoms with Crippen LogP contribution in [0.1, 0.15) is 52.4 Å². The van der Waals surface area contributed by atoms with Crippen molar-refractivity contribution in [3.8, 4) is 0 Å². The molecule has 0 aromatic carbocycles. The fraction of sp³-hybridized carbons (Fsp3) is 0.750. The first-order chi connectivity index (χ1) is 9.79. The normalized spacial score (nSPS) is 12.0. The molecule has 1 aromatic rings. The van der Waals surface area contributed by atoms with Gasteiger partial charge in [0.1, 0.15) is 16.8 Å². The molecule has 5 heteroatoms. The molecule has 0 saturated heterocycles. The number of hydrogen-bond donors (Lipinski definition) is 1. The SMILES string of the molecule is CCCN(CC)CCNc1nc(C(C)(C)C)nc(Cl)c1C. The van der Waals surface area contributed by atoms with Gasteiger partial charge in [0.15, 0.2) is 0 Å². The van der Waals surface area contributed by atoms with Crippen LogP contribution >= 0.6 is 11.6 Å². The van der Waals surface area contributed by atoms with Crippen molar-refractivity contribution in [1.29, 1.82) is 0 Å². The second kappa shape index (κ2) is 7.95. The first kappa shape index (κ1) is 18.2. The van der Waals surface area contributed by atoms with Gasteiger partial charge in [-0.05, 0) is 26.4 Å². The number of nitrogens with zero attached hydrogens (tertiary/aromatic N) is 3. The van der Waals surface area contributed by atoms with E-state index in [0.717, 1.165) is 43.4 Å². The Morgan fingerprint density at radius 3 is 2.33 bits per heavy atom. The van der Waals surface area contributed by atoms with Gasteiger partial charge in [-0.2, -0.15) is 0 Å². The zero-order valence-electron chi connectivity index (χ0n) is 14.3. The van der Waals surface area contributed by atoms with Crippen molar-refractivity contribution in [1.82, 2.24) is 14.9 Å². The van der Waals surface area contributed by atoms with Crippen LogP contribution in [0.2, 0.25) is 5.15 Å². The second-order valence-corrected chi connectivity index (χ2v) is 6.78. The molecule has 0 atom stereocenters. The van der Waals surface area contributed by atoms with Crippen molar-refractivity contribution < 1.29 is 0 Å². The van der Waals surface area contributed by atoms with E-state index < -0.39 is 0 Å². The molecule has 1 rings (SSSR count). The maximum absolute atomic E-state index is 6.24. The largest absolute Gasteiger partial charge is 0.368 e. The van der Waals surface area contributed by atoms with E-state index >= 15 is 0 Å². The first-order valence-electron chi connectivity index (χ1n) is 7.80. The summed E-state index contributed by atoms with van der Waals surface area (Å²) in [6.45, 7) is 16.7. The molecule has 0 bridgehead atoms. The van der Waals surface area contributed by atoms with Gasteiger partial charge in [-0.1, -0.05) is 46.2 Å². The van der Waals surface area contributed by atoms with Crippen LogP contribution in [0.4, 0.5) is 5.82 Å². The van der Waals surface area contributed by atoms with Gasteiger partial charge in [0, 0.05) is 24.1 Å². The maximum atomic E-state index is 6.24. The monoisotopic (exact) mass is 312 g/mol. The van der Waals surface area contributed by atoms with Gasteiger partial charge in [0.25, 0.3) is 0 Å². The summed E-state index contributed by atoms with van der Waals surface area (Å²) in [4.78, 5) is 11.5. The number of aromatic nitrogens is 2. The third kappa shape index (κ3) is 5.44. The Labute approximate surface area is 134 Å². The lowest BCUT2D eigenvalue weighted by molar-refractivity contribution is 0.300. The average Bonchev–Trinajstić information content (AvgIpc) is 2.41. The molecule has 0 fully saturated rings. The third-order valence-electron chi connectivity index (χ3n) is 3.46. The molecule has 0 saturated carbocycles. The van der Waals surface area contributed by atoms with Crippen molar-refractivity contribution >= 4 is 17.4 Å². The molecule has 120 valence electrons. The van der Waals surface area contributed by atoms with Gasteiger partial charge >= 0.3 is 0 Å². The number of anilines is 1. The lowest BCUT2D eigenvalue weighted by atomic mass is 9.95.